The summed E-state index contributed by atoms with van der Waals surface area (Å²) in [4.78, 5) is 0. The highest BCUT2D eigenvalue weighted by Crippen LogP contribution is 2.31. The van der Waals surface area contributed by atoms with Crippen LogP contribution in [0.4, 0.5) is 5.82 Å². The van der Waals surface area contributed by atoms with E-state index in [2.05, 4.69) is 38.9 Å². The van der Waals surface area contributed by atoms with Gasteiger partial charge in [0.15, 0.2) is 0 Å². The minimum Gasteiger partial charge on any atom is -0.382 e. The maximum atomic E-state index is 5.76. The first kappa shape index (κ1) is 11.7. The van der Waals surface area contributed by atoms with Crippen molar-refractivity contribution in [3.8, 4) is 11.3 Å². The van der Waals surface area contributed by atoms with Crippen LogP contribution in [0.2, 0.25) is 0 Å². The largest absolute Gasteiger partial charge is 0.382 e. The van der Waals surface area contributed by atoms with E-state index in [9.17, 15) is 0 Å². The fourth-order valence-electron chi connectivity index (χ4n) is 2.32. The van der Waals surface area contributed by atoms with Crippen molar-refractivity contribution >= 4 is 5.82 Å². The van der Waals surface area contributed by atoms with Crippen molar-refractivity contribution in [1.82, 2.24) is 9.78 Å². The molecule has 0 fully saturated rings. The lowest BCUT2D eigenvalue weighted by Gasteiger charge is -2.15. The molecule has 3 heteroatoms. The summed E-state index contributed by atoms with van der Waals surface area (Å²) < 4.78 is 1.85. The third-order valence-electron chi connectivity index (χ3n) is 3.52. The molecule has 0 bridgehead atoms. The van der Waals surface area contributed by atoms with Gasteiger partial charge >= 0.3 is 0 Å². The van der Waals surface area contributed by atoms with E-state index >= 15 is 0 Å². The van der Waals surface area contributed by atoms with Gasteiger partial charge in [0.05, 0.1) is 5.69 Å². The Balaban J connectivity index is 2.79. The van der Waals surface area contributed by atoms with Crippen LogP contribution >= 0.6 is 0 Å². The first-order valence-corrected chi connectivity index (χ1v) is 5.79. The molecule has 0 amide bonds. The molecule has 90 valence electrons. The molecule has 2 aromatic rings. The van der Waals surface area contributed by atoms with Gasteiger partial charge in [0.2, 0.25) is 0 Å². The monoisotopic (exact) mass is 229 g/mol. The maximum absolute atomic E-state index is 5.76. The number of nitrogen functional groups attached to an aromatic ring is 1. The Morgan fingerprint density at radius 1 is 1.00 bits per heavy atom. The zero-order chi connectivity index (χ0) is 12.7. The van der Waals surface area contributed by atoms with Crippen molar-refractivity contribution in [2.24, 2.45) is 7.05 Å². The molecule has 0 aliphatic rings. The average Bonchev–Trinajstić information content (AvgIpc) is 2.56. The van der Waals surface area contributed by atoms with Crippen LogP contribution in [0.3, 0.4) is 0 Å². The van der Waals surface area contributed by atoms with E-state index in [1.165, 1.54) is 27.8 Å². The number of hydrogen-bond acceptors (Lipinski definition) is 2. The molecule has 3 nitrogen and oxygen atoms in total. The van der Waals surface area contributed by atoms with Crippen LogP contribution in [-0.2, 0) is 7.05 Å². The molecule has 0 saturated carbocycles. The van der Waals surface area contributed by atoms with E-state index in [0.29, 0.717) is 5.82 Å². The van der Waals surface area contributed by atoms with Gasteiger partial charge in [0, 0.05) is 18.7 Å². The Morgan fingerprint density at radius 2 is 1.53 bits per heavy atom. The van der Waals surface area contributed by atoms with Crippen molar-refractivity contribution in [1.29, 1.82) is 0 Å². The zero-order valence-electron chi connectivity index (χ0n) is 11.1. The zero-order valence-corrected chi connectivity index (χ0v) is 11.1. The summed E-state index contributed by atoms with van der Waals surface area (Å²) in [6.07, 6.45) is 0. The van der Waals surface area contributed by atoms with Crippen molar-refractivity contribution in [2.75, 3.05) is 5.73 Å². The number of aromatic nitrogens is 2. The molecule has 1 aromatic carbocycles. The summed E-state index contributed by atoms with van der Waals surface area (Å²) in [7, 11) is 1.93. The predicted molar refractivity (Wildman–Crippen MR) is 72.0 cm³/mol. The Hall–Kier alpha value is -1.77. The normalized spacial score (nSPS) is 10.9. The highest BCUT2D eigenvalue weighted by Gasteiger charge is 2.14. The summed E-state index contributed by atoms with van der Waals surface area (Å²) >= 11 is 0. The Labute approximate surface area is 102 Å². The number of aryl methyl sites for hydroxylation is 3. The van der Waals surface area contributed by atoms with E-state index < -0.39 is 0 Å². The predicted octanol–water partition coefficient (Wildman–Crippen LogP) is 2.90. The summed E-state index contributed by atoms with van der Waals surface area (Å²) in [6, 6.07) is 4.17. The molecule has 1 heterocycles. The van der Waals surface area contributed by atoms with Gasteiger partial charge in [0.1, 0.15) is 5.82 Å². The van der Waals surface area contributed by atoms with E-state index in [1.54, 1.807) is 0 Å². The van der Waals surface area contributed by atoms with Crippen LogP contribution in [0.5, 0.6) is 0 Å². The van der Waals surface area contributed by atoms with E-state index in [4.69, 9.17) is 5.73 Å². The third kappa shape index (κ3) is 1.82. The first-order valence-electron chi connectivity index (χ1n) is 5.79. The fourth-order valence-corrected chi connectivity index (χ4v) is 2.32. The lowest BCUT2D eigenvalue weighted by Crippen LogP contribution is -2.00. The molecule has 0 atom stereocenters. The van der Waals surface area contributed by atoms with Gasteiger partial charge in [-0.25, -0.2) is 0 Å². The molecule has 0 saturated heterocycles. The van der Waals surface area contributed by atoms with Gasteiger partial charge in [0.25, 0.3) is 0 Å². The molecule has 0 radical (unpaired) electrons. The average molecular weight is 229 g/mol. The summed E-state index contributed by atoms with van der Waals surface area (Å²) in [5.74, 6) is 0.570. The molecule has 0 unspecified atom stereocenters. The van der Waals surface area contributed by atoms with Crippen LogP contribution in [0.25, 0.3) is 11.3 Å². The smallest absolute Gasteiger partial charge is 0.146 e. The second-order valence-electron chi connectivity index (χ2n) is 4.71. The van der Waals surface area contributed by atoms with Crippen LogP contribution in [0.1, 0.15) is 22.3 Å². The highest BCUT2D eigenvalue weighted by molar-refractivity contribution is 5.72. The first-order chi connectivity index (χ1) is 7.91. The van der Waals surface area contributed by atoms with Crippen molar-refractivity contribution in [3.05, 3.63) is 34.4 Å². The Bertz CT molecular complexity index is 553. The fraction of sp³-hybridized carbons (Fsp3) is 0.357. The number of nitrogens with two attached hydrogens (primary N) is 1. The van der Waals surface area contributed by atoms with Gasteiger partial charge < -0.3 is 5.73 Å². The van der Waals surface area contributed by atoms with E-state index in [0.717, 1.165) is 5.69 Å². The molecule has 0 aliphatic heterocycles. The number of hydrogen-bond donors (Lipinski definition) is 1. The summed E-state index contributed by atoms with van der Waals surface area (Å²) in [6.45, 7) is 8.59. The molecular weight excluding hydrogens is 210 g/mol. The molecule has 17 heavy (non-hydrogen) atoms. The molecule has 2 N–H and O–H groups in total. The Kier molecular flexibility index (Phi) is 2.69. The second-order valence-corrected chi connectivity index (χ2v) is 4.71. The number of benzene rings is 1. The number of nitrogens with zero attached hydrogens (tertiary/aromatic N) is 2. The van der Waals surface area contributed by atoms with Crippen molar-refractivity contribution in [2.45, 2.75) is 27.7 Å². The SMILES string of the molecule is Cc1cc(C)c(C)c(-c2cc(N)nn2C)c1C. The molecular formula is C14H19N3. The lowest BCUT2D eigenvalue weighted by molar-refractivity contribution is 0.779. The Morgan fingerprint density at radius 3 is 1.94 bits per heavy atom. The van der Waals surface area contributed by atoms with E-state index in [-0.39, 0.29) is 0 Å². The molecule has 0 aliphatic carbocycles. The van der Waals surface area contributed by atoms with Crippen LogP contribution in [0.15, 0.2) is 12.1 Å². The van der Waals surface area contributed by atoms with E-state index in [1.807, 2.05) is 17.8 Å². The van der Waals surface area contributed by atoms with Crippen LogP contribution in [-0.4, -0.2) is 9.78 Å². The van der Waals surface area contributed by atoms with Gasteiger partial charge in [-0.15, -0.1) is 0 Å². The van der Waals surface area contributed by atoms with Crippen molar-refractivity contribution < 1.29 is 0 Å². The molecule has 1 aromatic heterocycles. The van der Waals surface area contributed by atoms with Crippen LogP contribution < -0.4 is 5.73 Å². The van der Waals surface area contributed by atoms with Crippen LogP contribution in [0, 0.1) is 27.7 Å². The second kappa shape index (κ2) is 3.91. The van der Waals surface area contributed by atoms with Gasteiger partial charge in [-0.1, -0.05) is 6.07 Å². The summed E-state index contributed by atoms with van der Waals surface area (Å²) in [5.41, 5.74) is 13.3. The maximum Gasteiger partial charge on any atom is 0.146 e. The number of rotatable bonds is 1. The minimum atomic E-state index is 0.570. The summed E-state index contributed by atoms with van der Waals surface area (Å²) in [5, 5.41) is 4.22. The quantitative estimate of drug-likeness (QED) is 0.817. The number of anilines is 1. The third-order valence-corrected chi connectivity index (χ3v) is 3.52. The molecule has 0 spiro atoms. The molecule has 2 rings (SSSR count). The van der Waals surface area contributed by atoms with Gasteiger partial charge in [-0.05, 0) is 49.9 Å². The topological polar surface area (TPSA) is 43.8 Å². The van der Waals surface area contributed by atoms with Gasteiger partial charge in [-0.3, -0.25) is 4.68 Å². The van der Waals surface area contributed by atoms with Gasteiger partial charge in [-0.2, -0.15) is 5.10 Å². The van der Waals surface area contributed by atoms with Crippen molar-refractivity contribution in [3.63, 3.8) is 0 Å². The highest BCUT2D eigenvalue weighted by atomic mass is 15.3. The minimum absolute atomic E-state index is 0.570. The standard InChI is InChI=1S/C14H19N3/c1-8-6-9(2)11(4)14(10(8)3)12-7-13(15)16-17(12)5/h6-7H,1-5H3,(H2,15,16). The lowest BCUT2D eigenvalue weighted by atomic mass is 9.92.